The molecule has 0 fully saturated rings. The molecule has 1 N–H and O–H groups in total. The first-order chi connectivity index (χ1) is 14.9. The van der Waals surface area contributed by atoms with Gasteiger partial charge >= 0.3 is 0 Å². The summed E-state index contributed by atoms with van der Waals surface area (Å²) in [6.07, 6.45) is 2.30. The zero-order chi connectivity index (χ0) is 21.6. The molecule has 6 nitrogen and oxygen atoms in total. The lowest BCUT2D eigenvalue weighted by molar-refractivity contribution is 0.102. The Kier molecular flexibility index (Phi) is 4.92. The summed E-state index contributed by atoms with van der Waals surface area (Å²) in [5.74, 6) is -0.246. The van der Waals surface area contributed by atoms with Gasteiger partial charge in [0.25, 0.3) is 15.9 Å². The topological polar surface area (TPSA) is 79.4 Å². The van der Waals surface area contributed by atoms with Crippen LogP contribution in [0.4, 0.5) is 11.4 Å². The van der Waals surface area contributed by atoms with E-state index in [1.54, 1.807) is 36.5 Å². The van der Waals surface area contributed by atoms with Crippen LogP contribution in [-0.2, 0) is 16.4 Å². The van der Waals surface area contributed by atoms with E-state index in [4.69, 9.17) is 11.6 Å². The predicted molar refractivity (Wildman–Crippen MR) is 124 cm³/mol. The van der Waals surface area contributed by atoms with E-state index in [0.29, 0.717) is 34.9 Å². The van der Waals surface area contributed by atoms with Crippen molar-refractivity contribution < 1.29 is 13.2 Å². The second kappa shape index (κ2) is 7.64. The summed E-state index contributed by atoms with van der Waals surface area (Å²) < 4.78 is 32.7. The van der Waals surface area contributed by atoms with Gasteiger partial charge in [-0.25, -0.2) is 8.42 Å². The van der Waals surface area contributed by atoms with Crippen LogP contribution in [0.25, 0.3) is 10.1 Å². The average molecular weight is 470 g/mol. The number of halogens is 1. The van der Waals surface area contributed by atoms with Crippen molar-refractivity contribution in [1.29, 1.82) is 0 Å². The van der Waals surface area contributed by atoms with Crippen LogP contribution < -0.4 is 9.62 Å². The van der Waals surface area contributed by atoms with Gasteiger partial charge in [-0.05, 0) is 84.2 Å². The molecule has 0 spiro atoms. The first-order valence-electron chi connectivity index (χ1n) is 9.49. The molecule has 2 heterocycles. The highest BCUT2D eigenvalue weighted by molar-refractivity contribution is 7.92. The van der Waals surface area contributed by atoms with Gasteiger partial charge in [-0.3, -0.25) is 9.10 Å². The molecule has 0 unspecified atom stereocenters. The van der Waals surface area contributed by atoms with E-state index in [9.17, 15) is 13.2 Å². The standard InChI is InChI=1S/C22H16ClN3O3S2/c23-17-2-5-19(6-3-17)31(28,29)26-10-9-14-11-15(1-7-20(14)26)22(27)25-18-4-8-21-16(12-18)13-24-30-21/h1-8,11-13H,9-10H2,(H,25,27). The largest absolute Gasteiger partial charge is 0.322 e. The maximum Gasteiger partial charge on any atom is 0.264 e. The Labute approximate surface area is 188 Å². The molecule has 9 heteroatoms. The van der Waals surface area contributed by atoms with E-state index in [1.165, 1.54) is 28.0 Å². The third-order valence-corrected chi connectivity index (χ3v) is 8.07. The number of aromatic nitrogens is 1. The number of rotatable bonds is 4. The molecular weight excluding hydrogens is 454 g/mol. The minimum Gasteiger partial charge on any atom is -0.322 e. The van der Waals surface area contributed by atoms with Crippen molar-refractivity contribution in [2.45, 2.75) is 11.3 Å². The molecule has 1 aromatic heterocycles. The Morgan fingerprint density at radius 2 is 1.87 bits per heavy atom. The van der Waals surface area contributed by atoms with Crippen LogP contribution in [0, 0.1) is 0 Å². The summed E-state index contributed by atoms with van der Waals surface area (Å²) in [6.45, 7) is 0.327. The highest BCUT2D eigenvalue weighted by Gasteiger charge is 2.31. The first kappa shape index (κ1) is 20.0. The maximum atomic E-state index is 13.1. The average Bonchev–Trinajstić information content (AvgIpc) is 3.40. The molecule has 156 valence electrons. The van der Waals surface area contributed by atoms with Crippen LogP contribution in [0.5, 0.6) is 0 Å². The van der Waals surface area contributed by atoms with Crippen molar-refractivity contribution in [1.82, 2.24) is 4.37 Å². The van der Waals surface area contributed by atoms with E-state index in [0.717, 1.165) is 15.6 Å². The van der Waals surface area contributed by atoms with Gasteiger partial charge in [-0.15, -0.1) is 0 Å². The molecule has 0 saturated heterocycles. The Hall–Kier alpha value is -2.94. The van der Waals surface area contributed by atoms with Crippen LogP contribution >= 0.6 is 23.1 Å². The fourth-order valence-corrected chi connectivity index (χ4v) is 5.90. The van der Waals surface area contributed by atoms with Gasteiger partial charge in [-0.1, -0.05) is 11.6 Å². The SMILES string of the molecule is O=C(Nc1ccc2sncc2c1)c1ccc2c(c1)CCN2S(=O)(=O)c1ccc(Cl)cc1. The number of fused-ring (bicyclic) bond motifs is 2. The van der Waals surface area contributed by atoms with Gasteiger partial charge in [-0.2, -0.15) is 4.37 Å². The number of nitrogens with one attached hydrogen (secondary N) is 1. The molecule has 5 rings (SSSR count). The highest BCUT2D eigenvalue weighted by Crippen LogP contribution is 2.34. The lowest BCUT2D eigenvalue weighted by Gasteiger charge is -2.19. The molecule has 0 atom stereocenters. The first-order valence-corrected chi connectivity index (χ1v) is 12.1. The van der Waals surface area contributed by atoms with E-state index in [1.807, 2.05) is 18.2 Å². The quantitative estimate of drug-likeness (QED) is 0.458. The van der Waals surface area contributed by atoms with Crippen molar-refractivity contribution in [3.05, 3.63) is 83.0 Å². The number of carbonyl (C=O) groups excluding carboxylic acids is 1. The molecule has 0 bridgehead atoms. The number of carbonyl (C=O) groups is 1. The van der Waals surface area contributed by atoms with Gasteiger partial charge in [0.05, 0.1) is 15.3 Å². The molecule has 31 heavy (non-hydrogen) atoms. The summed E-state index contributed by atoms with van der Waals surface area (Å²) in [6, 6.07) is 16.8. The smallest absolute Gasteiger partial charge is 0.264 e. The fourth-order valence-electron chi connectivity index (χ4n) is 3.65. The van der Waals surface area contributed by atoms with Crippen molar-refractivity contribution in [3.8, 4) is 0 Å². The second-order valence-corrected chi connectivity index (χ2v) is 10.3. The number of anilines is 2. The second-order valence-electron chi connectivity index (χ2n) is 7.16. The number of hydrogen-bond donors (Lipinski definition) is 1. The Bertz CT molecular complexity index is 1420. The van der Waals surface area contributed by atoms with E-state index >= 15 is 0 Å². The van der Waals surface area contributed by atoms with E-state index < -0.39 is 10.0 Å². The number of nitrogens with zero attached hydrogens (tertiary/aromatic N) is 2. The number of amides is 1. The molecule has 1 aliphatic rings. The Morgan fingerprint density at radius 1 is 1.06 bits per heavy atom. The molecule has 1 aliphatic heterocycles. The predicted octanol–water partition coefficient (Wildman–Crippen LogP) is 4.95. The molecule has 3 aromatic carbocycles. The molecular formula is C22H16ClN3O3S2. The Balaban J connectivity index is 1.39. The van der Waals surface area contributed by atoms with Crippen molar-refractivity contribution in [2.24, 2.45) is 0 Å². The fraction of sp³-hybridized carbons (Fsp3) is 0.0909. The summed E-state index contributed by atoms with van der Waals surface area (Å²) in [5, 5.41) is 4.35. The van der Waals surface area contributed by atoms with Crippen LogP contribution in [0.1, 0.15) is 15.9 Å². The zero-order valence-electron chi connectivity index (χ0n) is 16.1. The van der Waals surface area contributed by atoms with Crippen LogP contribution in [0.2, 0.25) is 5.02 Å². The highest BCUT2D eigenvalue weighted by atomic mass is 35.5. The number of hydrogen-bond acceptors (Lipinski definition) is 5. The summed E-state index contributed by atoms with van der Waals surface area (Å²) in [5.41, 5.74) is 2.58. The number of sulfonamides is 1. The molecule has 1 amide bonds. The van der Waals surface area contributed by atoms with Crippen LogP contribution in [-0.4, -0.2) is 25.2 Å². The van der Waals surface area contributed by atoms with Crippen molar-refractivity contribution >= 4 is 60.5 Å². The molecule has 0 aliphatic carbocycles. The van der Waals surface area contributed by atoms with Crippen molar-refractivity contribution in [3.63, 3.8) is 0 Å². The summed E-state index contributed by atoms with van der Waals surface area (Å²) in [4.78, 5) is 12.9. The Morgan fingerprint density at radius 3 is 2.68 bits per heavy atom. The molecule has 0 radical (unpaired) electrons. The minimum absolute atomic E-state index is 0.185. The monoisotopic (exact) mass is 469 g/mol. The van der Waals surface area contributed by atoms with Gasteiger partial charge in [0.15, 0.2) is 0 Å². The maximum absolute atomic E-state index is 13.1. The van der Waals surface area contributed by atoms with Gasteiger partial charge in [0.1, 0.15) is 0 Å². The van der Waals surface area contributed by atoms with E-state index in [-0.39, 0.29) is 10.8 Å². The number of benzene rings is 3. The summed E-state index contributed by atoms with van der Waals surface area (Å²) in [7, 11) is -3.70. The summed E-state index contributed by atoms with van der Waals surface area (Å²) >= 11 is 7.28. The van der Waals surface area contributed by atoms with Crippen LogP contribution in [0.15, 0.2) is 71.8 Å². The van der Waals surface area contributed by atoms with Crippen LogP contribution in [0.3, 0.4) is 0 Å². The molecule has 4 aromatic rings. The third-order valence-electron chi connectivity index (χ3n) is 5.21. The van der Waals surface area contributed by atoms with Gasteiger partial charge in [0.2, 0.25) is 0 Å². The van der Waals surface area contributed by atoms with E-state index in [2.05, 4.69) is 9.69 Å². The minimum atomic E-state index is -3.70. The van der Waals surface area contributed by atoms with Crippen molar-refractivity contribution in [2.75, 3.05) is 16.2 Å². The van der Waals surface area contributed by atoms with Gasteiger partial charge in [0, 0.05) is 34.4 Å². The van der Waals surface area contributed by atoms with Gasteiger partial charge < -0.3 is 5.32 Å². The normalized spacial score (nSPS) is 13.4. The lowest BCUT2D eigenvalue weighted by Crippen LogP contribution is -2.29. The lowest BCUT2D eigenvalue weighted by atomic mass is 10.1. The third kappa shape index (κ3) is 3.67. The zero-order valence-corrected chi connectivity index (χ0v) is 18.5. The molecule has 0 saturated carbocycles.